The van der Waals surface area contributed by atoms with Gasteiger partial charge in [-0.15, -0.1) is 0 Å². The molecule has 190 valence electrons. The third-order valence-electron chi connectivity index (χ3n) is 6.15. The molecule has 1 aromatic heterocycles. The summed E-state index contributed by atoms with van der Waals surface area (Å²) in [5.74, 6) is -2.58. The van der Waals surface area contributed by atoms with Gasteiger partial charge in [0.1, 0.15) is 11.9 Å². The number of hydrogen-bond acceptors (Lipinski definition) is 7. The molecule has 0 aliphatic rings. The first-order chi connectivity index (χ1) is 16.5. The molecule has 0 aliphatic heterocycles. The molecular weight excluding hydrogens is 453 g/mol. The number of carbonyl (C=O) groups is 3. The van der Waals surface area contributed by atoms with Gasteiger partial charge in [-0.05, 0) is 43.0 Å². The minimum atomic E-state index is -0.768. The van der Waals surface area contributed by atoms with Crippen LogP contribution in [0.2, 0.25) is 0 Å². The molecule has 1 heterocycles. The molecule has 0 bridgehead atoms. The summed E-state index contributed by atoms with van der Waals surface area (Å²) < 4.78 is 29.8. The molecule has 0 N–H and O–H groups in total. The quantitative estimate of drug-likeness (QED) is 0.308. The fourth-order valence-electron chi connectivity index (χ4n) is 4.15. The molecule has 0 spiro atoms. The van der Waals surface area contributed by atoms with Crippen LogP contribution in [0, 0.1) is 24.6 Å². The Bertz CT molecular complexity index is 1070. The number of aryl methyl sites for hydroxylation is 1. The Morgan fingerprint density at radius 3 is 2.37 bits per heavy atom. The second kappa shape index (κ2) is 12.4. The van der Waals surface area contributed by atoms with E-state index in [9.17, 15) is 18.8 Å². The van der Waals surface area contributed by atoms with Crippen molar-refractivity contribution in [1.29, 1.82) is 0 Å². The van der Waals surface area contributed by atoms with Gasteiger partial charge in [0.2, 0.25) is 5.75 Å². The summed E-state index contributed by atoms with van der Waals surface area (Å²) in [5, 5.41) is 0. The van der Waals surface area contributed by atoms with E-state index in [1.807, 2.05) is 20.8 Å². The third kappa shape index (κ3) is 7.10. The molecule has 0 radical (unpaired) electrons. The number of halogens is 1. The van der Waals surface area contributed by atoms with Crippen LogP contribution in [0.1, 0.15) is 75.0 Å². The highest BCUT2D eigenvalue weighted by Crippen LogP contribution is 2.35. The highest BCUT2D eigenvalue weighted by atomic mass is 19.1. The van der Waals surface area contributed by atoms with Crippen molar-refractivity contribution in [3.05, 3.63) is 53.1 Å². The zero-order chi connectivity index (χ0) is 26.3. The van der Waals surface area contributed by atoms with Gasteiger partial charge in [0.05, 0.1) is 13.0 Å². The average Bonchev–Trinajstić information content (AvgIpc) is 2.79. The van der Waals surface area contributed by atoms with Gasteiger partial charge < -0.3 is 14.2 Å². The predicted molar refractivity (Wildman–Crippen MR) is 129 cm³/mol. The second-order valence-electron chi connectivity index (χ2n) is 8.87. The van der Waals surface area contributed by atoms with Crippen molar-refractivity contribution in [3.8, 4) is 11.5 Å². The number of carbonyl (C=O) groups excluding carboxylic acids is 3. The van der Waals surface area contributed by atoms with Crippen LogP contribution in [0.3, 0.4) is 0 Å². The molecule has 0 amide bonds. The summed E-state index contributed by atoms with van der Waals surface area (Å²) in [6.07, 6.45) is 1.53. The van der Waals surface area contributed by atoms with Crippen LogP contribution in [0.5, 0.6) is 11.5 Å². The molecule has 0 fully saturated rings. The summed E-state index contributed by atoms with van der Waals surface area (Å²) in [6, 6.07) is 6.10. The number of aromatic nitrogens is 1. The Morgan fingerprint density at radius 2 is 1.80 bits per heavy atom. The number of methoxy groups -OCH3 is 1. The maximum Gasteiger partial charge on any atom is 0.309 e. The lowest BCUT2D eigenvalue weighted by Gasteiger charge is -2.31. The number of esters is 2. The van der Waals surface area contributed by atoms with Gasteiger partial charge in [-0.1, -0.05) is 33.3 Å². The van der Waals surface area contributed by atoms with E-state index in [0.29, 0.717) is 0 Å². The van der Waals surface area contributed by atoms with Crippen molar-refractivity contribution in [2.24, 2.45) is 11.8 Å². The standard InChI is InChI=1S/C27H34FNO6/c1-8-15(2)24(21-10-9-20(28)13-16(21)3)18(5)34-27(32)17(4)14-22(31)25-26(35-19(6)30)23(33-7)11-12-29-25/h9-13,15,17-18,24H,8,14H2,1-7H3/t15?,17-,18+,24+/m1/s1. The van der Waals surface area contributed by atoms with Crippen molar-refractivity contribution in [2.75, 3.05) is 7.11 Å². The lowest BCUT2D eigenvalue weighted by atomic mass is 9.80. The van der Waals surface area contributed by atoms with Crippen LogP contribution >= 0.6 is 0 Å². The van der Waals surface area contributed by atoms with E-state index >= 15 is 0 Å². The Balaban J connectivity index is 2.19. The number of ether oxygens (including phenoxy) is 3. The maximum absolute atomic E-state index is 13.7. The van der Waals surface area contributed by atoms with Crippen LogP contribution in [0.15, 0.2) is 30.5 Å². The molecule has 4 atom stereocenters. The van der Waals surface area contributed by atoms with E-state index in [1.54, 1.807) is 13.0 Å². The lowest BCUT2D eigenvalue weighted by molar-refractivity contribution is -0.154. The first-order valence-corrected chi connectivity index (χ1v) is 11.7. The first-order valence-electron chi connectivity index (χ1n) is 11.7. The highest BCUT2D eigenvalue weighted by Gasteiger charge is 2.31. The minimum absolute atomic E-state index is 0.0787. The maximum atomic E-state index is 13.7. The van der Waals surface area contributed by atoms with Crippen molar-refractivity contribution in [2.45, 2.75) is 66.4 Å². The fourth-order valence-corrected chi connectivity index (χ4v) is 4.15. The van der Waals surface area contributed by atoms with Gasteiger partial charge in [-0.2, -0.15) is 0 Å². The van der Waals surface area contributed by atoms with Crippen LogP contribution < -0.4 is 9.47 Å². The largest absolute Gasteiger partial charge is 0.493 e. The Kier molecular flexibility index (Phi) is 9.92. The van der Waals surface area contributed by atoms with Gasteiger partial charge in [0.15, 0.2) is 17.2 Å². The summed E-state index contributed by atoms with van der Waals surface area (Å²) in [4.78, 5) is 41.4. The summed E-state index contributed by atoms with van der Waals surface area (Å²) in [5.41, 5.74) is 1.63. The van der Waals surface area contributed by atoms with Crippen molar-refractivity contribution in [1.82, 2.24) is 4.98 Å². The van der Waals surface area contributed by atoms with Crippen LogP contribution in [0.25, 0.3) is 0 Å². The molecule has 2 aromatic rings. The first kappa shape index (κ1) is 28.0. The zero-order valence-electron chi connectivity index (χ0n) is 21.4. The van der Waals surface area contributed by atoms with Crippen molar-refractivity contribution < 1.29 is 33.0 Å². The molecule has 0 aliphatic carbocycles. The molecule has 8 heteroatoms. The predicted octanol–water partition coefficient (Wildman–Crippen LogP) is 5.43. The van der Waals surface area contributed by atoms with Gasteiger partial charge >= 0.3 is 11.9 Å². The van der Waals surface area contributed by atoms with Gasteiger partial charge in [-0.25, -0.2) is 9.37 Å². The fraction of sp³-hybridized carbons (Fsp3) is 0.481. The van der Waals surface area contributed by atoms with Gasteiger partial charge in [0.25, 0.3) is 0 Å². The molecule has 35 heavy (non-hydrogen) atoms. The molecule has 0 saturated carbocycles. The van der Waals surface area contributed by atoms with E-state index in [-0.39, 0.29) is 41.3 Å². The molecule has 1 unspecified atom stereocenters. The van der Waals surface area contributed by atoms with Crippen LogP contribution in [0.4, 0.5) is 4.39 Å². The summed E-state index contributed by atoms with van der Waals surface area (Å²) in [6.45, 7) is 10.6. The number of nitrogens with zero attached hydrogens (tertiary/aromatic N) is 1. The zero-order valence-corrected chi connectivity index (χ0v) is 21.4. The number of ketones is 1. The number of pyridine rings is 1. The molecule has 1 aromatic carbocycles. The SMILES string of the molecule is CCC(C)[C@H](c1ccc(F)cc1C)[C@H](C)OC(=O)[C@H](C)CC(=O)c1nccc(OC)c1OC(C)=O. The van der Waals surface area contributed by atoms with Crippen LogP contribution in [-0.4, -0.2) is 35.9 Å². The molecule has 0 saturated heterocycles. The van der Waals surface area contributed by atoms with E-state index in [1.165, 1.54) is 38.4 Å². The summed E-state index contributed by atoms with van der Waals surface area (Å²) >= 11 is 0. The Morgan fingerprint density at radius 1 is 1.11 bits per heavy atom. The average molecular weight is 488 g/mol. The molecule has 2 rings (SSSR count). The van der Waals surface area contributed by atoms with E-state index < -0.39 is 29.7 Å². The molecular formula is C27H34FNO6. The third-order valence-corrected chi connectivity index (χ3v) is 6.15. The topological polar surface area (TPSA) is 91.8 Å². The minimum Gasteiger partial charge on any atom is -0.493 e. The van der Waals surface area contributed by atoms with Crippen molar-refractivity contribution in [3.63, 3.8) is 0 Å². The monoisotopic (exact) mass is 487 g/mol. The second-order valence-corrected chi connectivity index (χ2v) is 8.87. The Hall–Kier alpha value is -3.29. The van der Waals surface area contributed by atoms with E-state index in [0.717, 1.165) is 17.5 Å². The van der Waals surface area contributed by atoms with E-state index in [2.05, 4.69) is 11.9 Å². The smallest absolute Gasteiger partial charge is 0.309 e. The van der Waals surface area contributed by atoms with Crippen LogP contribution in [-0.2, 0) is 14.3 Å². The number of Topliss-reactive ketones (excluding diaryl/α,β-unsaturated/α-hetero) is 1. The number of hydrogen-bond donors (Lipinski definition) is 0. The summed E-state index contributed by atoms with van der Waals surface area (Å²) in [7, 11) is 1.38. The van der Waals surface area contributed by atoms with Gasteiger partial charge in [0, 0.05) is 31.5 Å². The van der Waals surface area contributed by atoms with Gasteiger partial charge in [-0.3, -0.25) is 14.4 Å². The Labute approximate surface area is 206 Å². The van der Waals surface area contributed by atoms with E-state index in [4.69, 9.17) is 14.2 Å². The molecule has 7 nitrogen and oxygen atoms in total. The highest BCUT2D eigenvalue weighted by molar-refractivity contribution is 5.99. The normalized spacial score (nSPS) is 14.4. The number of rotatable bonds is 11. The van der Waals surface area contributed by atoms with Crippen molar-refractivity contribution >= 4 is 17.7 Å². The lowest BCUT2D eigenvalue weighted by Crippen LogP contribution is -2.30. The number of benzene rings is 1.